The van der Waals surface area contributed by atoms with Crippen LogP contribution in [0.5, 0.6) is 0 Å². The van der Waals surface area contributed by atoms with Crippen molar-refractivity contribution in [1.82, 2.24) is 4.98 Å². The van der Waals surface area contributed by atoms with Gasteiger partial charge in [-0.2, -0.15) is 5.26 Å². The van der Waals surface area contributed by atoms with Gasteiger partial charge in [0.1, 0.15) is 0 Å². The molecule has 0 aliphatic carbocycles. The van der Waals surface area contributed by atoms with Crippen molar-refractivity contribution in [3.05, 3.63) is 57.8 Å². The Kier molecular flexibility index (Phi) is 4.90. The van der Waals surface area contributed by atoms with E-state index in [0.29, 0.717) is 17.7 Å². The van der Waals surface area contributed by atoms with Crippen LogP contribution in [0.2, 0.25) is 0 Å². The minimum Gasteiger partial charge on any atom is -0.465 e. The molecule has 0 fully saturated rings. The topological polar surface area (TPSA) is 75.0 Å². The molecule has 1 N–H and O–H groups in total. The summed E-state index contributed by atoms with van der Waals surface area (Å²) in [6, 6.07) is 10.8. The lowest BCUT2D eigenvalue weighted by atomic mass is 10.2. The number of halogens is 1. The lowest BCUT2D eigenvalue weighted by Gasteiger charge is -2.08. The second kappa shape index (κ2) is 6.86. The van der Waals surface area contributed by atoms with E-state index in [4.69, 9.17) is 5.26 Å². The van der Waals surface area contributed by atoms with E-state index in [1.165, 1.54) is 13.3 Å². The second-order valence-corrected chi connectivity index (χ2v) is 5.04. The molecule has 1 aromatic carbocycles. The van der Waals surface area contributed by atoms with E-state index in [1.54, 1.807) is 24.3 Å². The van der Waals surface area contributed by atoms with Crippen molar-refractivity contribution in [3.63, 3.8) is 0 Å². The van der Waals surface area contributed by atoms with Gasteiger partial charge >= 0.3 is 5.97 Å². The molecule has 1 heterocycles. The van der Waals surface area contributed by atoms with Gasteiger partial charge in [-0.1, -0.05) is 0 Å². The van der Waals surface area contributed by atoms with Crippen molar-refractivity contribution in [2.45, 2.75) is 6.54 Å². The number of nitrogens with zero attached hydrogens (tertiary/aromatic N) is 2. The zero-order valence-corrected chi connectivity index (χ0v) is 12.8. The third-order valence-electron chi connectivity index (χ3n) is 2.80. The first-order chi connectivity index (χ1) is 10.1. The van der Waals surface area contributed by atoms with Crippen molar-refractivity contribution >= 4 is 27.6 Å². The smallest absolute Gasteiger partial charge is 0.339 e. The predicted molar refractivity (Wildman–Crippen MR) is 81.8 cm³/mol. The number of hydrogen-bond donors (Lipinski definition) is 1. The minimum absolute atomic E-state index is 0.406. The highest BCUT2D eigenvalue weighted by Crippen LogP contribution is 2.23. The van der Waals surface area contributed by atoms with Crippen LogP contribution in [0.4, 0.5) is 5.69 Å². The van der Waals surface area contributed by atoms with Gasteiger partial charge in [0.05, 0.1) is 36.5 Å². The maximum Gasteiger partial charge on any atom is 0.339 e. The molecule has 0 bridgehead atoms. The number of carbonyl (C=O) groups excluding carboxylic acids is 1. The van der Waals surface area contributed by atoms with Gasteiger partial charge in [-0.15, -0.1) is 0 Å². The van der Waals surface area contributed by atoms with Crippen LogP contribution in [-0.4, -0.2) is 18.1 Å². The number of carbonyl (C=O) groups is 1. The third-order valence-corrected chi connectivity index (χ3v) is 3.46. The first-order valence-electron chi connectivity index (χ1n) is 6.11. The van der Waals surface area contributed by atoms with Crippen molar-refractivity contribution in [3.8, 4) is 6.07 Å². The zero-order chi connectivity index (χ0) is 15.2. The summed E-state index contributed by atoms with van der Waals surface area (Å²) in [5, 5.41) is 12.0. The Bertz CT molecular complexity index is 693. The summed E-state index contributed by atoms with van der Waals surface area (Å²) in [4.78, 5) is 15.5. The van der Waals surface area contributed by atoms with Gasteiger partial charge in [0.15, 0.2) is 0 Å². The Labute approximate surface area is 130 Å². The highest BCUT2D eigenvalue weighted by molar-refractivity contribution is 9.10. The molecule has 0 aliphatic heterocycles. The summed E-state index contributed by atoms with van der Waals surface area (Å²) >= 11 is 3.41. The highest BCUT2D eigenvalue weighted by atomic mass is 79.9. The minimum atomic E-state index is -0.406. The molecule has 2 rings (SSSR count). The van der Waals surface area contributed by atoms with Crippen LogP contribution >= 0.6 is 15.9 Å². The first-order valence-corrected chi connectivity index (χ1v) is 6.90. The number of methoxy groups -OCH3 is 1. The number of aromatic nitrogens is 1. The van der Waals surface area contributed by atoms with Crippen molar-refractivity contribution < 1.29 is 9.53 Å². The maximum absolute atomic E-state index is 11.3. The van der Waals surface area contributed by atoms with Gasteiger partial charge in [-0.25, -0.2) is 4.79 Å². The Morgan fingerprint density at radius 3 is 2.81 bits per heavy atom. The van der Waals surface area contributed by atoms with Gasteiger partial charge in [0, 0.05) is 16.4 Å². The molecule has 0 saturated carbocycles. The zero-order valence-electron chi connectivity index (χ0n) is 11.3. The second-order valence-electron chi connectivity index (χ2n) is 4.19. The molecule has 2 aromatic rings. The number of benzene rings is 1. The molecular formula is C15H12BrN3O2. The quantitative estimate of drug-likeness (QED) is 0.861. The molecule has 0 aliphatic rings. The molecule has 0 saturated heterocycles. The molecule has 0 amide bonds. The molecule has 21 heavy (non-hydrogen) atoms. The van der Waals surface area contributed by atoms with E-state index in [2.05, 4.69) is 37.0 Å². The number of pyridine rings is 1. The average Bonchev–Trinajstić information content (AvgIpc) is 2.53. The average molecular weight is 346 g/mol. The summed E-state index contributed by atoms with van der Waals surface area (Å²) in [5.41, 5.74) is 2.67. The number of anilines is 1. The fraction of sp³-hybridized carbons (Fsp3) is 0.133. The Balaban J connectivity index is 2.03. The van der Waals surface area contributed by atoms with E-state index >= 15 is 0 Å². The summed E-state index contributed by atoms with van der Waals surface area (Å²) in [7, 11) is 1.33. The number of ether oxygens (including phenoxy) is 1. The lowest BCUT2D eigenvalue weighted by Crippen LogP contribution is -2.05. The number of rotatable bonds is 4. The van der Waals surface area contributed by atoms with Crippen LogP contribution in [0, 0.1) is 11.3 Å². The molecule has 5 nitrogen and oxygen atoms in total. The molecule has 1 aromatic heterocycles. The number of hydrogen-bond acceptors (Lipinski definition) is 5. The van der Waals surface area contributed by atoms with Gasteiger partial charge in [-0.3, -0.25) is 4.98 Å². The van der Waals surface area contributed by atoms with E-state index in [9.17, 15) is 4.79 Å². The molecular weight excluding hydrogens is 334 g/mol. The van der Waals surface area contributed by atoms with Crippen LogP contribution in [0.15, 0.2) is 41.0 Å². The highest BCUT2D eigenvalue weighted by Gasteiger charge is 2.06. The maximum atomic E-state index is 11.3. The molecule has 0 unspecified atom stereocenters. The predicted octanol–water partition coefficient (Wildman–Crippen LogP) is 3.11. The van der Waals surface area contributed by atoms with Crippen LogP contribution in [-0.2, 0) is 11.3 Å². The largest absolute Gasteiger partial charge is 0.465 e. The van der Waals surface area contributed by atoms with E-state index in [-0.39, 0.29) is 0 Å². The Morgan fingerprint density at radius 2 is 2.24 bits per heavy atom. The van der Waals surface area contributed by atoms with Gasteiger partial charge < -0.3 is 10.1 Å². The number of esters is 1. The first kappa shape index (κ1) is 15.0. The number of nitrogens with one attached hydrogen (secondary N) is 1. The molecule has 0 radical (unpaired) electrons. The number of nitriles is 1. The third kappa shape index (κ3) is 3.80. The lowest BCUT2D eigenvalue weighted by molar-refractivity contribution is 0.0600. The van der Waals surface area contributed by atoms with Crippen LogP contribution in [0.25, 0.3) is 0 Å². The van der Waals surface area contributed by atoms with Crippen molar-refractivity contribution in [2.24, 2.45) is 0 Å². The molecule has 106 valence electrons. The normalized spacial score (nSPS) is 9.76. The molecule has 0 atom stereocenters. The molecule has 6 heteroatoms. The standard InChI is InChI=1S/C15H12BrN3O2/c1-21-15(20)11-3-4-12(18-8-11)9-19-14-5-2-10(7-17)6-13(14)16/h2-6,8,19H,9H2,1H3. The summed E-state index contributed by atoms with van der Waals surface area (Å²) in [6.45, 7) is 0.506. The van der Waals surface area contributed by atoms with E-state index in [1.807, 2.05) is 6.07 Å². The molecule has 0 spiro atoms. The fourth-order valence-electron chi connectivity index (χ4n) is 1.68. The fourth-order valence-corrected chi connectivity index (χ4v) is 2.20. The van der Waals surface area contributed by atoms with Crippen LogP contribution in [0.3, 0.4) is 0 Å². The Morgan fingerprint density at radius 1 is 1.43 bits per heavy atom. The van der Waals surface area contributed by atoms with Crippen LogP contribution in [0.1, 0.15) is 21.6 Å². The van der Waals surface area contributed by atoms with Gasteiger partial charge in [0.25, 0.3) is 0 Å². The SMILES string of the molecule is COC(=O)c1ccc(CNc2ccc(C#N)cc2Br)nc1. The van der Waals surface area contributed by atoms with Crippen molar-refractivity contribution in [2.75, 3.05) is 12.4 Å². The van der Waals surface area contributed by atoms with E-state index < -0.39 is 5.97 Å². The monoisotopic (exact) mass is 345 g/mol. The summed E-state index contributed by atoms with van der Waals surface area (Å²) in [5.74, 6) is -0.406. The van der Waals surface area contributed by atoms with Crippen LogP contribution < -0.4 is 5.32 Å². The van der Waals surface area contributed by atoms with Gasteiger partial charge in [-0.05, 0) is 46.3 Å². The summed E-state index contributed by atoms with van der Waals surface area (Å²) in [6.07, 6.45) is 1.48. The van der Waals surface area contributed by atoms with E-state index in [0.717, 1.165) is 15.9 Å². The Hall–Kier alpha value is -2.39. The summed E-state index contributed by atoms with van der Waals surface area (Å²) < 4.78 is 5.43. The van der Waals surface area contributed by atoms with Gasteiger partial charge in [0.2, 0.25) is 0 Å². The van der Waals surface area contributed by atoms with Crippen molar-refractivity contribution in [1.29, 1.82) is 5.26 Å².